The molecule has 0 unspecified atom stereocenters. The highest BCUT2D eigenvalue weighted by atomic mass is 16.3. The van der Waals surface area contributed by atoms with E-state index in [1.165, 1.54) is 22.3 Å². The van der Waals surface area contributed by atoms with Gasteiger partial charge in [-0.25, -0.2) is 0 Å². The number of rotatable bonds is 4. The quantitative estimate of drug-likeness (QED) is 0.903. The Bertz CT molecular complexity index is 504. The van der Waals surface area contributed by atoms with Gasteiger partial charge in [0.15, 0.2) is 0 Å². The van der Waals surface area contributed by atoms with Crippen molar-refractivity contribution in [2.45, 2.75) is 40.2 Å². The highest BCUT2D eigenvalue weighted by Gasteiger charge is 2.50. The summed E-state index contributed by atoms with van der Waals surface area (Å²) in [6, 6.07) is 4.33. The molecule has 1 aliphatic rings. The molecule has 0 radical (unpaired) electrons. The third-order valence-electron chi connectivity index (χ3n) is 4.32. The molecule has 1 aromatic rings. The van der Waals surface area contributed by atoms with Gasteiger partial charge in [0, 0.05) is 13.6 Å². The molecule has 0 saturated heterocycles. The molecule has 1 N–H and O–H groups in total. The molecule has 1 aliphatic carbocycles. The highest BCUT2D eigenvalue weighted by molar-refractivity contribution is 5.85. The van der Waals surface area contributed by atoms with Crippen molar-refractivity contribution in [2.75, 3.05) is 13.7 Å². The van der Waals surface area contributed by atoms with Crippen LogP contribution >= 0.6 is 0 Å². The van der Waals surface area contributed by atoms with Crippen LogP contribution in [0.4, 0.5) is 0 Å². The van der Waals surface area contributed by atoms with Crippen LogP contribution < -0.4 is 0 Å². The number of nitrogens with zero attached hydrogens (tertiary/aromatic N) is 1. The number of benzene rings is 1. The fourth-order valence-electron chi connectivity index (χ4n) is 2.51. The van der Waals surface area contributed by atoms with E-state index < -0.39 is 5.41 Å². The van der Waals surface area contributed by atoms with E-state index in [2.05, 4.69) is 32.9 Å². The Hall–Kier alpha value is -1.35. The lowest BCUT2D eigenvalue weighted by Gasteiger charge is -2.23. The molecule has 0 heterocycles. The maximum atomic E-state index is 12.3. The van der Waals surface area contributed by atoms with Gasteiger partial charge in [0.2, 0.25) is 5.91 Å². The normalized spacial score (nSPS) is 16.3. The average molecular weight is 261 g/mol. The van der Waals surface area contributed by atoms with E-state index in [1.807, 2.05) is 7.05 Å². The highest BCUT2D eigenvalue weighted by Crippen LogP contribution is 2.46. The van der Waals surface area contributed by atoms with Crippen LogP contribution in [0.1, 0.15) is 35.1 Å². The monoisotopic (exact) mass is 261 g/mol. The molecule has 0 aromatic heterocycles. The van der Waals surface area contributed by atoms with Gasteiger partial charge in [0.25, 0.3) is 0 Å². The van der Waals surface area contributed by atoms with Crippen molar-refractivity contribution in [1.29, 1.82) is 0 Å². The van der Waals surface area contributed by atoms with Gasteiger partial charge >= 0.3 is 0 Å². The van der Waals surface area contributed by atoms with E-state index in [-0.39, 0.29) is 12.5 Å². The topological polar surface area (TPSA) is 40.5 Å². The zero-order valence-electron chi connectivity index (χ0n) is 12.3. The van der Waals surface area contributed by atoms with E-state index in [1.54, 1.807) is 4.90 Å². The molecule has 1 aromatic carbocycles. The van der Waals surface area contributed by atoms with Crippen LogP contribution in [0, 0.1) is 26.2 Å². The molecule has 3 heteroatoms. The van der Waals surface area contributed by atoms with Crippen LogP contribution in [-0.2, 0) is 11.3 Å². The van der Waals surface area contributed by atoms with Gasteiger partial charge in [0.05, 0.1) is 12.0 Å². The first-order chi connectivity index (χ1) is 8.89. The van der Waals surface area contributed by atoms with E-state index in [9.17, 15) is 9.90 Å². The fourth-order valence-corrected chi connectivity index (χ4v) is 2.51. The van der Waals surface area contributed by atoms with Crippen molar-refractivity contribution in [3.8, 4) is 0 Å². The standard InChI is InChI=1S/C16H23NO2/c1-11-7-13(3)14(8-12(11)2)9-17(4)15(19)16(10-18)5-6-16/h7-8,18H,5-6,9-10H2,1-4H3. The summed E-state index contributed by atoms with van der Waals surface area (Å²) in [5, 5.41) is 9.33. The van der Waals surface area contributed by atoms with Crippen molar-refractivity contribution in [3.05, 3.63) is 34.4 Å². The van der Waals surface area contributed by atoms with Crippen LogP contribution in [0.3, 0.4) is 0 Å². The Balaban J connectivity index is 2.13. The first kappa shape index (κ1) is 14.1. The number of carbonyl (C=O) groups excluding carboxylic acids is 1. The number of aliphatic hydroxyl groups excluding tert-OH is 1. The SMILES string of the molecule is Cc1cc(C)c(CN(C)C(=O)C2(CO)CC2)cc1C. The average Bonchev–Trinajstić information content (AvgIpc) is 3.16. The zero-order valence-corrected chi connectivity index (χ0v) is 12.3. The molecular weight excluding hydrogens is 238 g/mol. The van der Waals surface area contributed by atoms with Gasteiger partial charge in [0.1, 0.15) is 0 Å². The maximum Gasteiger partial charge on any atom is 0.231 e. The van der Waals surface area contributed by atoms with Gasteiger partial charge in [-0.05, 0) is 55.9 Å². The Morgan fingerprint density at radius 1 is 1.21 bits per heavy atom. The second kappa shape index (κ2) is 4.97. The smallest absolute Gasteiger partial charge is 0.231 e. The lowest BCUT2D eigenvalue weighted by Crippen LogP contribution is -2.35. The van der Waals surface area contributed by atoms with Crippen molar-refractivity contribution in [1.82, 2.24) is 4.90 Å². The molecule has 19 heavy (non-hydrogen) atoms. The van der Waals surface area contributed by atoms with Crippen molar-refractivity contribution in [3.63, 3.8) is 0 Å². The lowest BCUT2D eigenvalue weighted by molar-refractivity contribution is -0.137. The fraction of sp³-hybridized carbons (Fsp3) is 0.562. The zero-order chi connectivity index (χ0) is 14.2. The largest absolute Gasteiger partial charge is 0.395 e. The van der Waals surface area contributed by atoms with Gasteiger partial charge in [-0.15, -0.1) is 0 Å². The molecule has 1 saturated carbocycles. The summed E-state index contributed by atoms with van der Waals surface area (Å²) in [4.78, 5) is 14.0. The second-order valence-electron chi connectivity index (χ2n) is 5.96. The number of amides is 1. The Morgan fingerprint density at radius 3 is 2.32 bits per heavy atom. The molecule has 0 aliphatic heterocycles. The lowest BCUT2D eigenvalue weighted by atomic mass is 10.00. The summed E-state index contributed by atoms with van der Waals surface area (Å²) in [7, 11) is 1.83. The third kappa shape index (κ3) is 2.66. The maximum absolute atomic E-state index is 12.3. The van der Waals surface area contributed by atoms with Crippen LogP contribution in [0.5, 0.6) is 0 Å². The van der Waals surface area contributed by atoms with Crippen molar-refractivity contribution < 1.29 is 9.90 Å². The van der Waals surface area contributed by atoms with E-state index in [4.69, 9.17) is 0 Å². The Labute approximate surface area is 115 Å². The summed E-state index contributed by atoms with van der Waals surface area (Å²) in [5.74, 6) is 0.0765. The molecule has 3 nitrogen and oxygen atoms in total. The molecule has 0 spiro atoms. The summed E-state index contributed by atoms with van der Waals surface area (Å²) in [6.07, 6.45) is 1.64. The molecule has 1 fully saturated rings. The summed E-state index contributed by atoms with van der Waals surface area (Å²) in [6.45, 7) is 6.87. The van der Waals surface area contributed by atoms with Gasteiger partial charge < -0.3 is 10.0 Å². The second-order valence-corrected chi connectivity index (χ2v) is 5.96. The molecule has 104 valence electrons. The third-order valence-corrected chi connectivity index (χ3v) is 4.32. The molecule has 0 atom stereocenters. The van der Waals surface area contributed by atoms with Crippen molar-refractivity contribution >= 4 is 5.91 Å². The number of hydrogen-bond donors (Lipinski definition) is 1. The molecule has 1 amide bonds. The summed E-state index contributed by atoms with van der Waals surface area (Å²) < 4.78 is 0. The minimum absolute atomic E-state index is 0.0257. The van der Waals surface area contributed by atoms with Crippen LogP contribution in [0.25, 0.3) is 0 Å². The van der Waals surface area contributed by atoms with E-state index in [0.717, 1.165) is 12.8 Å². The Morgan fingerprint density at radius 2 is 1.79 bits per heavy atom. The summed E-state index contributed by atoms with van der Waals surface area (Å²) in [5.41, 5.74) is 4.47. The van der Waals surface area contributed by atoms with Gasteiger partial charge in [-0.3, -0.25) is 4.79 Å². The molecule has 0 bridgehead atoms. The predicted molar refractivity (Wildman–Crippen MR) is 75.9 cm³/mol. The number of aryl methyl sites for hydroxylation is 3. The number of hydrogen-bond acceptors (Lipinski definition) is 2. The van der Waals surface area contributed by atoms with Crippen LogP contribution in [0.2, 0.25) is 0 Å². The Kier molecular flexibility index (Phi) is 3.68. The van der Waals surface area contributed by atoms with Crippen LogP contribution in [0.15, 0.2) is 12.1 Å². The van der Waals surface area contributed by atoms with E-state index in [0.29, 0.717) is 6.54 Å². The summed E-state index contributed by atoms with van der Waals surface area (Å²) >= 11 is 0. The van der Waals surface area contributed by atoms with Gasteiger partial charge in [-0.2, -0.15) is 0 Å². The first-order valence-corrected chi connectivity index (χ1v) is 6.83. The van der Waals surface area contributed by atoms with Gasteiger partial charge in [-0.1, -0.05) is 12.1 Å². The number of aliphatic hydroxyl groups is 1. The van der Waals surface area contributed by atoms with Crippen LogP contribution in [-0.4, -0.2) is 29.6 Å². The van der Waals surface area contributed by atoms with E-state index >= 15 is 0 Å². The minimum atomic E-state index is -0.470. The molecular formula is C16H23NO2. The minimum Gasteiger partial charge on any atom is -0.395 e. The predicted octanol–water partition coefficient (Wildman–Crippen LogP) is 2.34. The number of carbonyl (C=O) groups is 1. The first-order valence-electron chi connectivity index (χ1n) is 6.83. The van der Waals surface area contributed by atoms with Crippen molar-refractivity contribution in [2.24, 2.45) is 5.41 Å². The molecule has 2 rings (SSSR count).